The molecule has 80 valence electrons. The Balaban J connectivity index is 2.66. The first-order chi connectivity index (χ1) is 6.69. The summed E-state index contributed by atoms with van der Waals surface area (Å²) in [6, 6.07) is -0.309. The SMILES string of the molecule is CCCN1C(=O)CC(OC)CNC1=O. The van der Waals surface area contributed by atoms with Gasteiger partial charge >= 0.3 is 6.03 Å². The zero-order valence-electron chi connectivity index (χ0n) is 8.58. The number of methoxy groups -OCH3 is 1. The predicted molar refractivity (Wildman–Crippen MR) is 50.8 cm³/mol. The molecule has 1 aliphatic heterocycles. The monoisotopic (exact) mass is 200 g/mol. The van der Waals surface area contributed by atoms with Gasteiger partial charge in [-0.3, -0.25) is 9.69 Å². The van der Waals surface area contributed by atoms with E-state index in [1.807, 2.05) is 6.92 Å². The summed E-state index contributed by atoms with van der Waals surface area (Å²) in [5.41, 5.74) is 0. The second-order valence-corrected chi connectivity index (χ2v) is 3.29. The molecule has 1 atom stereocenters. The highest BCUT2D eigenvalue weighted by Gasteiger charge is 2.27. The molecule has 0 saturated carbocycles. The van der Waals surface area contributed by atoms with E-state index in [4.69, 9.17) is 4.74 Å². The molecule has 0 radical (unpaired) electrons. The number of ether oxygens (including phenoxy) is 1. The number of nitrogens with zero attached hydrogens (tertiary/aromatic N) is 1. The van der Waals surface area contributed by atoms with Gasteiger partial charge in [0.05, 0.1) is 12.5 Å². The lowest BCUT2D eigenvalue weighted by Gasteiger charge is -2.16. The minimum absolute atomic E-state index is 0.159. The molecule has 1 saturated heterocycles. The number of hydrogen-bond acceptors (Lipinski definition) is 3. The van der Waals surface area contributed by atoms with Gasteiger partial charge in [0.25, 0.3) is 0 Å². The first-order valence-electron chi connectivity index (χ1n) is 4.80. The van der Waals surface area contributed by atoms with Crippen LogP contribution < -0.4 is 5.32 Å². The van der Waals surface area contributed by atoms with Gasteiger partial charge in [-0.2, -0.15) is 0 Å². The lowest BCUT2D eigenvalue weighted by Crippen LogP contribution is -2.41. The largest absolute Gasteiger partial charge is 0.379 e. The molecular weight excluding hydrogens is 184 g/mol. The van der Waals surface area contributed by atoms with Crippen molar-refractivity contribution >= 4 is 11.9 Å². The number of amides is 3. The van der Waals surface area contributed by atoms with Crippen LogP contribution in [0.2, 0.25) is 0 Å². The summed E-state index contributed by atoms with van der Waals surface area (Å²) in [6.45, 7) is 2.81. The topological polar surface area (TPSA) is 58.6 Å². The molecule has 0 aliphatic carbocycles. The fraction of sp³-hybridized carbons (Fsp3) is 0.778. The maximum atomic E-state index is 11.6. The van der Waals surface area contributed by atoms with Gasteiger partial charge in [0.2, 0.25) is 5.91 Å². The number of carbonyl (C=O) groups excluding carboxylic acids is 2. The normalized spacial score (nSPS) is 23.3. The van der Waals surface area contributed by atoms with Gasteiger partial charge in [0, 0.05) is 20.2 Å². The molecule has 5 nitrogen and oxygen atoms in total. The fourth-order valence-electron chi connectivity index (χ4n) is 1.40. The number of rotatable bonds is 3. The lowest BCUT2D eigenvalue weighted by atomic mass is 10.2. The Morgan fingerprint density at radius 3 is 2.86 bits per heavy atom. The first kappa shape index (κ1) is 11.0. The second-order valence-electron chi connectivity index (χ2n) is 3.29. The van der Waals surface area contributed by atoms with Gasteiger partial charge in [0.1, 0.15) is 0 Å². The van der Waals surface area contributed by atoms with Gasteiger partial charge in [-0.25, -0.2) is 4.79 Å². The van der Waals surface area contributed by atoms with E-state index in [1.54, 1.807) is 7.11 Å². The third kappa shape index (κ3) is 2.45. The Morgan fingerprint density at radius 2 is 2.29 bits per heavy atom. The molecule has 0 bridgehead atoms. The van der Waals surface area contributed by atoms with Crippen LogP contribution in [0, 0.1) is 0 Å². The zero-order chi connectivity index (χ0) is 10.6. The highest BCUT2D eigenvalue weighted by molar-refractivity contribution is 5.95. The number of carbonyl (C=O) groups is 2. The van der Waals surface area contributed by atoms with Crippen LogP contribution in [0.3, 0.4) is 0 Å². The molecule has 1 unspecified atom stereocenters. The summed E-state index contributed by atoms with van der Waals surface area (Å²) in [5.74, 6) is -0.159. The van der Waals surface area contributed by atoms with E-state index in [9.17, 15) is 9.59 Å². The highest BCUT2D eigenvalue weighted by Crippen LogP contribution is 2.07. The first-order valence-corrected chi connectivity index (χ1v) is 4.80. The zero-order valence-corrected chi connectivity index (χ0v) is 8.58. The van der Waals surface area contributed by atoms with Crippen molar-refractivity contribution in [2.45, 2.75) is 25.9 Å². The minimum atomic E-state index is -0.309. The number of hydrogen-bond donors (Lipinski definition) is 1. The van der Waals surface area contributed by atoms with Crippen LogP contribution >= 0.6 is 0 Å². The average molecular weight is 200 g/mol. The van der Waals surface area contributed by atoms with E-state index in [0.29, 0.717) is 13.1 Å². The number of nitrogens with one attached hydrogen (secondary N) is 1. The number of imide groups is 1. The van der Waals surface area contributed by atoms with Gasteiger partial charge in [-0.15, -0.1) is 0 Å². The fourth-order valence-corrected chi connectivity index (χ4v) is 1.40. The predicted octanol–water partition coefficient (Wildman–Crippen LogP) is 0.353. The third-order valence-electron chi connectivity index (χ3n) is 2.21. The minimum Gasteiger partial charge on any atom is -0.379 e. The van der Waals surface area contributed by atoms with E-state index >= 15 is 0 Å². The van der Waals surface area contributed by atoms with Crippen molar-refractivity contribution in [1.29, 1.82) is 0 Å². The van der Waals surface area contributed by atoms with E-state index in [2.05, 4.69) is 5.32 Å². The molecule has 1 heterocycles. The van der Waals surface area contributed by atoms with E-state index in [1.165, 1.54) is 4.90 Å². The van der Waals surface area contributed by atoms with Crippen molar-refractivity contribution in [3.8, 4) is 0 Å². The van der Waals surface area contributed by atoms with Gasteiger partial charge in [0.15, 0.2) is 0 Å². The summed E-state index contributed by atoms with van der Waals surface area (Å²) < 4.78 is 5.05. The molecule has 1 rings (SSSR count). The molecule has 0 aromatic rings. The van der Waals surface area contributed by atoms with Crippen LogP contribution in [0.5, 0.6) is 0 Å². The Kier molecular flexibility index (Phi) is 3.88. The van der Waals surface area contributed by atoms with Crippen molar-refractivity contribution in [1.82, 2.24) is 10.2 Å². The molecule has 0 spiro atoms. The summed E-state index contributed by atoms with van der Waals surface area (Å²) in [6.07, 6.45) is 0.847. The van der Waals surface area contributed by atoms with Crippen LogP contribution in [0.25, 0.3) is 0 Å². The average Bonchev–Trinajstić information content (AvgIpc) is 2.31. The van der Waals surface area contributed by atoms with Crippen molar-refractivity contribution < 1.29 is 14.3 Å². The quantitative estimate of drug-likeness (QED) is 0.715. The van der Waals surface area contributed by atoms with Crippen molar-refractivity contribution in [2.75, 3.05) is 20.2 Å². The van der Waals surface area contributed by atoms with Crippen LogP contribution in [-0.2, 0) is 9.53 Å². The molecule has 14 heavy (non-hydrogen) atoms. The van der Waals surface area contributed by atoms with Crippen molar-refractivity contribution in [3.05, 3.63) is 0 Å². The van der Waals surface area contributed by atoms with E-state index in [-0.39, 0.29) is 24.5 Å². The smallest absolute Gasteiger partial charge is 0.324 e. The van der Waals surface area contributed by atoms with Gasteiger partial charge in [-0.1, -0.05) is 6.92 Å². The second kappa shape index (κ2) is 4.95. The standard InChI is InChI=1S/C9H16N2O3/c1-3-4-11-8(12)5-7(14-2)6-10-9(11)13/h7H,3-6H2,1-2H3,(H,10,13). The van der Waals surface area contributed by atoms with Gasteiger partial charge in [-0.05, 0) is 6.42 Å². The molecule has 0 aromatic heterocycles. The number of urea groups is 1. The maximum Gasteiger partial charge on any atom is 0.324 e. The van der Waals surface area contributed by atoms with Crippen LogP contribution in [-0.4, -0.2) is 43.1 Å². The molecule has 3 amide bonds. The molecule has 0 aromatic carbocycles. The molecule has 1 N–H and O–H groups in total. The summed E-state index contributed by atoms with van der Waals surface area (Å²) in [5, 5.41) is 2.65. The Morgan fingerprint density at radius 1 is 1.57 bits per heavy atom. The Bertz CT molecular complexity index is 230. The van der Waals surface area contributed by atoms with E-state index in [0.717, 1.165) is 6.42 Å². The Labute approximate surface area is 83.4 Å². The molecular formula is C9H16N2O3. The van der Waals surface area contributed by atoms with Gasteiger partial charge < -0.3 is 10.1 Å². The molecule has 1 fully saturated rings. The summed E-state index contributed by atoms with van der Waals surface area (Å²) in [4.78, 5) is 24.2. The molecule has 5 heteroatoms. The molecule has 1 aliphatic rings. The lowest BCUT2D eigenvalue weighted by molar-refractivity contribution is -0.129. The van der Waals surface area contributed by atoms with Crippen molar-refractivity contribution in [2.24, 2.45) is 0 Å². The highest BCUT2D eigenvalue weighted by atomic mass is 16.5. The van der Waals surface area contributed by atoms with E-state index < -0.39 is 0 Å². The van der Waals surface area contributed by atoms with Crippen LogP contribution in [0.15, 0.2) is 0 Å². The summed E-state index contributed by atoms with van der Waals surface area (Å²) >= 11 is 0. The summed E-state index contributed by atoms with van der Waals surface area (Å²) in [7, 11) is 1.54. The van der Waals surface area contributed by atoms with Crippen LogP contribution in [0.1, 0.15) is 19.8 Å². The van der Waals surface area contributed by atoms with Crippen molar-refractivity contribution in [3.63, 3.8) is 0 Å². The Hall–Kier alpha value is -1.10. The van der Waals surface area contributed by atoms with Crippen LogP contribution in [0.4, 0.5) is 4.79 Å². The third-order valence-corrected chi connectivity index (χ3v) is 2.21. The maximum absolute atomic E-state index is 11.6.